The Bertz CT molecular complexity index is 1010. The smallest absolute Gasteiger partial charge is 0.350 e. The quantitative estimate of drug-likeness (QED) is 0.672. The van der Waals surface area contributed by atoms with E-state index >= 15 is 0 Å². The Morgan fingerprint density at radius 1 is 1.10 bits per heavy atom. The Balaban J connectivity index is 1.43. The number of alkyl halides is 3. The van der Waals surface area contributed by atoms with Gasteiger partial charge in [0.15, 0.2) is 0 Å². The summed E-state index contributed by atoms with van der Waals surface area (Å²) in [6.45, 7) is 0.696. The van der Waals surface area contributed by atoms with Gasteiger partial charge in [0.05, 0.1) is 17.8 Å². The number of hydrogen-bond donors (Lipinski definition) is 1. The highest BCUT2D eigenvalue weighted by Gasteiger charge is 2.31. The molecule has 0 saturated heterocycles. The van der Waals surface area contributed by atoms with E-state index < -0.39 is 17.6 Å². The molecule has 5 nitrogen and oxygen atoms in total. The van der Waals surface area contributed by atoms with E-state index in [1.807, 2.05) is 28.9 Å². The van der Waals surface area contributed by atoms with Gasteiger partial charge in [0.25, 0.3) is 5.91 Å². The van der Waals surface area contributed by atoms with Gasteiger partial charge in [0.1, 0.15) is 5.69 Å². The van der Waals surface area contributed by atoms with Crippen molar-refractivity contribution < 1.29 is 18.0 Å². The van der Waals surface area contributed by atoms with Crippen molar-refractivity contribution in [1.29, 1.82) is 0 Å². The maximum absolute atomic E-state index is 12.8. The summed E-state index contributed by atoms with van der Waals surface area (Å²) in [6.07, 6.45) is -0.569. The summed E-state index contributed by atoms with van der Waals surface area (Å²) in [5.41, 5.74) is 1.79. The third-order valence-corrected chi connectivity index (χ3v) is 4.80. The molecule has 1 amide bonds. The monoisotopic (exact) mass is 400 g/mol. The predicted octanol–water partition coefficient (Wildman–Crippen LogP) is 4.27. The molecule has 0 bridgehead atoms. The van der Waals surface area contributed by atoms with Crippen molar-refractivity contribution >= 4 is 5.91 Å². The van der Waals surface area contributed by atoms with Crippen molar-refractivity contribution in [3.63, 3.8) is 0 Å². The van der Waals surface area contributed by atoms with Gasteiger partial charge < -0.3 is 5.32 Å². The van der Waals surface area contributed by atoms with Crippen molar-refractivity contribution in [1.82, 2.24) is 20.1 Å². The fraction of sp³-hybridized carbons (Fsp3) is 0.286. The summed E-state index contributed by atoms with van der Waals surface area (Å²) >= 11 is 0. The second kappa shape index (κ2) is 7.69. The molecule has 1 saturated carbocycles. The van der Waals surface area contributed by atoms with Crippen LogP contribution in [0.25, 0.3) is 11.4 Å². The van der Waals surface area contributed by atoms with Gasteiger partial charge in [0.2, 0.25) is 0 Å². The number of aromatic nitrogens is 3. The molecule has 8 heteroatoms. The maximum Gasteiger partial charge on any atom is 0.416 e. The Kier molecular flexibility index (Phi) is 5.08. The van der Waals surface area contributed by atoms with E-state index in [9.17, 15) is 18.0 Å². The van der Waals surface area contributed by atoms with E-state index in [2.05, 4.69) is 15.4 Å². The molecule has 2 heterocycles. The molecule has 3 aromatic rings. The highest BCUT2D eigenvalue weighted by atomic mass is 19.4. The largest absolute Gasteiger partial charge is 0.416 e. The molecule has 0 spiro atoms. The third-order valence-electron chi connectivity index (χ3n) is 4.80. The molecule has 1 fully saturated rings. The van der Waals surface area contributed by atoms with Gasteiger partial charge in [-0.25, -0.2) is 0 Å². The van der Waals surface area contributed by atoms with Gasteiger partial charge in [0, 0.05) is 29.9 Å². The molecule has 0 radical (unpaired) electrons. The van der Waals surface area contributed by atoms with Crippen molar-refractivity contribution in [3.05, 3.63) is 71.5 Å². The SMILES string of the molecule is O=C(NCCn1nc(-c2ccccn2)cc1C1CC1)c1cccc(C(F)(F)F)c1. The highest BCUT2D eigenvalue weighted by Crippen LogP contribution is 2.41. The van der Waals surface area contributed by atoms with E-state index in [1.165, 1.54) is 12.1 Å². The van der Waals surface area contributed by atoms with Crippen LogP contribution in [0.2, 0.25) is 0 Å². The van der Waals surface area contributed by atoms with Crippen LogP contribution in [0.15, 0.2) is 54.7 Å². The minimum atomic E-state index is -4.48. The van der Waals surface area contributed by atoms with E-state index in [0.717, 1.165) is 42.1 Å². The van der Waals surface area contributed by atoms with Gasteiger partial charge in [-0.2, -0.15) is 18.3 Å². The summed E-state index contributed by atoms with van der Waals surface area (Å²) in [7, 11) is 0. The topological polar surface area (TPSA) is 59.8 Å². The average Bonchev–Trinajstić information content (AvgIpc) is 3.48. The fourth-order valence-electron chi connectivity index (χ4n) is 3.17. The van der Waals surface area contributed by atoms with Gasteiger partial charge in [-0.15, -0.1) is 0 Å². The van der Waals surface area contributed by atoms with E-state index in [-0.39, 0.29) is 12.1 Å². The molecular weight excluding hydrogens is 381 g/mol. The summed E-state index contributed by atoms with van der Waals surface area (Å²) < 4.78 is 40.3. The molecule has 2 aromatic heterocycles. The molecule has 1 aromatic carbocycles. The maximum atomic E-state index is 12.8. The van der Waals surface area contributed by atoms with E-state index in [0.29, 0.717) is 12.5 Å². The lowest BCUT2D eigenvalue weighted by Crippen LogP contribution is -2.28. The average molecular weight is 400 g/mol. The number of nitrogens with one attached hydrogen (secondary N) is 1. The standard InChI is InChI=1S/C21H19F3N4O/c22-21(23,24)16-5-3-4-15(12-16)20(29)26-10-11-28-19(14-7-8-14)13-18(27-28)17-6-1-2-9-25-17/h1-6,9,12-14H,7-8,10-11H2,(H,26,29). The van der Waals surface area contributed by atoms with Crippen molar-refractivity contribution in [2.75, 3.05) is 6.54 Å². The van der Waals surface area contributed by atoms with Crippen LogP contribution in [0.3, 0.4) is 0 Å². The van der Waals surface area contributed by atoms with Crippen LogP contribution in [-0.2, 0) is 12.7 Å². The van der Waals surface area contributed by atoms with Gasteiger partial charge in [-0.3, -0.25) is 14.5 Å². The molecule has 0 unspecified atom stereocenters. The molecule has 150 valence electrons. The van der Waals surface area contributed by atoms with Crippen molar-refractivity contribution in [2.45, 2.75) is 31.5 Å². The normalized spacial score (nSPS) is 14.0. The Hall–Kier alpha value is -3.16. The van der Waals surface area contributed by atoms with Crippen molar-refractivity contribution in [3.8, 4) is 11.4 Å². The van der Waals surface area contributed by atoms with Crippen LogP contribution in [0.1, 0.15) is 40.4 Å². The Labute approximate surface area is 165 Å². The first kappa shape index (κ1) is 19.2. The second-order valence-corrected chi connectivity index (χ2v) is 7.00. The summed E-state index contributed by atoms with van der Waals surface area (Å²) in [5.74, 6) is -0.0830. The third kappa shape index (κ3) is 4.47. The van der Waals surface area contributed by atoms with Gasteiger partial charge in [-0.05, 0) is 49.2 Å². The molecule has 29 heavy (non-hydrogen) atoms. The number of pyridine rings is 1. The number of hydrogen-bond acceptors (Lipinski definition) is 3. The highest BCUT2D eigenvalue weighted by molar-refractivity contribution is 5.94. The molecule has 4 rings (SSSR count). The van der Waals surface area contributed by atoms with E-state index in [4.69, 9.17) is 0 Å². The zero-order valence-corrected chi connectivity index (χ0v) is 15.5. The molecule has 1 N–H and O–H groups in total. The molecule has 0 aliphatic heterocycles. The first-order valence-electron chi connectivity index (χ1n) is 9.36. The first-order valence-corrected chi connectivity index (χ1v) is 9.36. The second-order valence-electron chi connectivity index (χ2n) is 7.00. The van der Waals surface area contributed by atoms with Crippen LogP contribution in [-0.4, -0.2) is 27.2 Å². The van der Waals surface area contributed by atoms with Crippen LogP contribution in [0, 0.1) is 0 Å². The van der Waals surface area contributed by atoms with Gasteiger partial charge >= 0.3 is 6.18 Å². The zero-order valence-electron chi connectivity index (χ0n) is 15.5. The molecule has 1 aliphatic carbocycles. The first-order chi connectivity index (χ1) is 13.9. The van der Waals surface area contributed by atoms with Crippen LogP contribution < -0.4 is 5.32 Å². The number of benzene rings is 1. The lowest BCUT2D eigenvalue weighted by atomic mass is 10.1. The Morgan fingerprint density at radius 2 is 1.93 bits per heavy atom. The minimum Gasteiger partial charge on any atom is -0.350 e. The number of rotatable bonds is 6. The molecule has 0 atom stereocenters. The number of amides is 1. The number of halogens is 3. The number of nitrogens with zero attached hydrogens (tertiary/aromatic N) is 3. The summed E-state index contributed by atoms with van der Waals surface area (Å²) in [5, 5.41) is 7.29. The Morgan fingerprint density at radius 3 is 2.62 bits per heavy atom. The summed E-state index contributed by atoms with van der Waals surface area (Å²) in [4.78, 5) is 16.6. The van der Waals surface area contributed by atoms with E-state index in [1.54, 1.807) is 6.20 Å². The summed E-state index contributed by atoms with van der Waals surface area (Å²) in [6, 6.07) is 12.1. The van der Waals surface area contributed by atoms with Crippen molar-refractivity contribution in [2.24, 2.45) is 0 Å². The van der Waals surface area contributed by atoms with Crippen LogP contribution in [0.5, 0.6) is 0 Å². The molecule has 1 aliphatic rings. The minimum absolute atomic E-state index is 0.0168. The zero-order chi connectivity index (χ0) is 20.4. The predicted molar refractivity (Wildman–Crippen MR) is 101 cm³/mol. The fourth-order valence-corrected chi connectivity index (χ4v) is 3.17. The van der Waals surface area contributed by atoms with Crippen LogP contribution >= 0.6 is 0 Å². The van der Waals surface area contributed by atoms with Crippen LogP contribution in [0.4, 0.5) is 13.2 Å². The lowest BCUT2D eigenvalue weighted by molar-refractivity contribution is -0.137. The molecular formula is C21H19F3N4O. The van der Waals surface area contributed by atoms with Gasteiger partial charge in [-0.1, -0.05) is 12.1 Å². The lowest BCUT2D eigenvalue weighted by Gasteiger charge is -2.10. The number of carbonyl (C=O) groups is 1. The number of carbonyl (C=O) groups excluding carboxylic acids is 1.